The molecule has 1 heterocycles. The molecule has 1 aliphatic rings. The lowest BCUT2D eigenvalue weighted by Gasteiger charge is -2.31. The Balaban J connectivity index is 2.34. The molecule has 1 rings (SSSR count). The van der Waals surface area contributed by atoms with E-state index in [1.165, 1.54) is 0 Å². The van der Waals surface area contributed by atoms with Crippen LogP contribution in [0.2, 0.25) is 0 Å². The third-order valence-electron chi connectivity index (χ3n) is 2.84. The van der Waals surface area contributed by atoms with Gasteiger partial charge in [-0.05, 0) is 34.2 Å². The Morgan fingerprint density at radius 1 is 1.47 bits per heavy atom. The maximum absolute atomic E-state index is 11.4. The van der Waals surface area contributed by atoms with Crippen LogP contribution in [0.5, 0.6) is 0 Å². The van der Waals surface area contributed by atoms with Gasteiger partial charge in [-0.25, -0.2) is 0 Å². The lowest BCUT2D eigenvalue weighted by atomic mass is 10.1. The van der Waals surface area contributed by atoms with Gasteiger partial charge >= 0.3 is 0 Å². The molecule has 4 heteroatoms. The molecule has 0 aromatic heterocycles. The quantitative estimate of drug-likeness (QED) is 0.703. The van der Waals surface area contributed by atoms with Crippen molar-refractivity contribution in [1.82, 2.24) is 15.5 Å². The van der Waals surface area contributed by atoms with E-state index in [1.807, 2.05) is 0 Å². The number of likely N-dealkylation sites (tertiary alicyclic amines) is 1. The number of nitrogens with zero attached hydrogens (tertiary/aromatic N) is 1. The molecular weight excluding hydrogens is 190 g/mol. The Morgan fingerprint density at radius 2 is 2.13 bits per heavy atom. The fraction of sp³-hybridized carbons (Fsp3) is 0.909. The van der Waals surface area contributed by atoms with Gasteiger partial charge in [0, 0.05) is 24.7 Å². The molecule has 0 unspecified atom stereocenters. The molecule has 88 valence electrons. The monoisotopic (exact) mass is 213 g/mol. The van der Waals surface area contributed by atoms with E-state index in [4.69, 9.17) is 0 Å². The van der Waals surface area contributed by atoms with Crippen molar-refractivity contribution in [3.05, 3.63) is 0 Å². The van der Waals surface area contributed by atoms with Crippen molar-refractivity contribution in [2.45, 2.75) is 38.8 Å². The average Bonchev–Trinajstić information content (AvgIpc) is 2.52. The average molecular weight is 213 g/mol. The lowest BCUT2D eigenvalue weighted by molar-refractivity contribution is -0.120. The van der Waals surface area contributed by atoms with Crippen LogP contribution in [0.3, 0.4) is 0 Å². The normalized spacial score (nSPS) is 23.1. The molecule has 0 aromatic carbocycles. The largest absolute Gasteiger partial charge is 0.351 e. The Labute approximate surface area is 92.4 Å². The van der Waals surface area contributed by atoms with E-state index in [1.54, 1.807) is 7.05 Å². The molecule has 4 nitrogen and oxygen atoms in total. The minimum atomic E-state index is 0.0956. The van der Waals surface area contributed by atoms with Gasteiger partial charge in [0.15, 0.2) is 0 Å². The molecule has 0 saturated carbocycles. The van der Waals surface area contributed by atoms with Gasteiger partial charge < -0.3 is 10.6 Å². The summed E-state index contributed by atoms with van der Waals surface area (Å²) in [6, 6.07) is 0.324. The summed E-state index contributed by atoms with van der Waals surface area (Å²) in [6.45, 7) is 9.10. The van der Waals surface area contributed by atoms with E-state index in [0.717, 1.165) is 19.5 Å². The van der Waals surface area contributed by atoms with Gasteiger partial charge in [0.2, 0.25) is 5.91 Å². The Bertz CT molecular complexity index is 222. The molecular formula is C11H23N3O. The predicted molar refractivity (Wildman–Crippen MR) is 61.8 cm³/mol. The molecule has 1 atom stereocenters. The van der Waals surface area contributed by atoms with Crippen molar-refractivity contribution >= 4 is 5.91 Å². The van der Waals surface area contributed by atoms with E-state index in [-0.39, 0.29) is 11.4 Å². The summed E-state index contributed by atoms with van der Waals surface area (Å²) in [5.41, 5.74) is 0.211. The summed E-state index contributed by atoms with van der Waals surface area (Å²) in [7, 11) is 1.79. The molecule has 0 bridgehead atoms. The lowest BCUT2D eigenvalue weighted by Crippen LogP contribution is -2.44. The zero-order chi connectivity index (χ0) is 11.5. The Kier molecular flexibility index (Phi) is 4.11. The summed E-state index contributed by atoms with van der Waals surface area (Å²) >= 11 is 0. The van der Waals surface area contributed by atoms with Crippen molar-refractivity contribution in [3.8, 4) is 0 Å². The summed E-state index contributed by atoms with van der Waals surface area (Å²) in [5.74, 6) is 0.0956. The van der Waals surface area contributed by atoms with Crippen LogP contribution in [0.4, 0.5) is 0 Å². The number of nitrogens with one attached hydrogen (secondary N) is 2. The second kappa shape index (κ2) is 4.94. The Morgan fingerprint density at radius 3 is 2.60 bits per heavy atom. The highest BCUT2D eigenvalue weighted by Crippen LogP contribution is 2.20. The summed E-state index contributed by atoms with van der Waals surface area (Å²) < 4.78 is 0. The first-order valence-electron chi connectivity index (χ1n) is 5.62. The fourth-order valence-electron chi connectivity index (χ4n) is 1.93. The number of hydrogen-bond donors (Lipinski definition) is 2. The SMILES string of the molecule is CNCC(=O)N[C@@H]1CCN(C(C)(C)C)C1. The van der Waals surface area contributed by atoms with E-state index in [2.05, 4.69) is 36.3 Å². The molecule has 1 amide bonds. The van der Waals surface area contributed by atoms with Gasteiger partial charge in [-0.2, -0.15) is 0 Å². The second-order valence-electron chi connectivity index (χ2n) is 5.20. The van der Waals surface area contributed by atoms with Gasteiger partial charge in [-0.1, -0.05) is 0 Å². The second-order valence-corrected chi connectivity index (χ2v) is 5.20. The minimum absolute atomic E-state index is 0.0956. The van der Waals surface area contributed by atoms with Crippen LogP contribution in [0.15, 0.2) is 0 Å². The fourth-order valence-corrected chi connectivity index (χ4v) is 1.93. The highest BCUT2D eigenvalue weighted by molar-refractivity contribution is 5.78. The molecule has 0 spiro atoms. The van der Waals surface area contributed by atoms with Crippen LogP contribution < -0.4 is 10.6 Å². The zero-order valence-corrected chi connectivity index (χ0v) is 10.3. The van der Waals surface area contributed by atoms with Gasteiger partial charge in [-0.15, -0.1) is 0 Å². The van der Waals surface area contributed by atoms with E-state index < -0.39 is 0 Å². The van der Waals surface area contributed by atoms with Gasteiger partial charge in [0.25, 0.3) is 0 Å². The van der Waals surface area contributed by atoms with E-state index >= 15 is 0 Å². The number of hydrogen-bond acceptors (Lipinski definition) is 3. The standard InChI is InChI=1S/C11H23N3O/c1-11(2,3)14-6-5-9(8-14)13-10(15)7-12-4/h9,12H,5-8H2,1-4H3,(H,13,15)/t9-/m1/s1. The highest BCUT2D eigenvalue weighted by atomic mass is 16.2. The smallest absolute Gasteiger partial charge is 0.234 e. The third kappa shape index (κ3) is 3.80. The molecule has 1 saturated heterocycles. The molecule has 2 N–H and O–H groups in total. The predicted octanol–water partition coefficient (Wildman–Crippen LogP) is 0.195. The van der Waals surface area contributed by atoms with Crippen LogP contribution in [0.25, 0.3) is 0 Å². The molecule has 1 aliphatic heterocycles. The van der Waals surface area contributed by atoms with Crippen molar-refractivity contribution in [3.63, 3.8) is 0 Å². The molecule has 15 heavy (non-hydrogen) atoms. The first kappa shape index (κ1) is 12.5. The first-order valence-corrected chi connectivity index (χ1v) is 5.62. The molecule has 1 fully saturated rings. The Hall–Kier alpha value is -0.610. The number of carbonyl (C=O) groups is 1. The maximum atomic E-state index is 11.4. The van der Waals surface area contributed by atoms with Crippen LogP contribution >= 0.6 is 0 Å². The van der Waals surface area contributed by atoms with Crippen molar-refractivity contribution < 1.29 is 4.79 Å². The summed E-state index contributed by atoms with van der Waals surface area (Å²) in [5, 5.41) is 5.90. The number of carbonyl (C=O) groups excluding carboxylic acids is 1. The number of amides is 1. The van der Waals surface area contributed by atoms with E-state index in [0.29, 0.717) is 12.6 Å². The van der Waals surface area contributed by atoms with E-state index in [9.17, 15) is 4.79 Å². The molecule has 0 aliphatic carbocycles. The van der Waals surface area contributed by atoms with Crippen LogP contribution in [0, 0.1) is 0 Å². The minimum Gasteiger partial charge on any atom is -0.351 e. The first-order chi connectivity index (χ1) is 6.93. The summed E-state index contributed by atoms with van der Waals surface area (Å²) in [6.07, 6.45) is 1.06. The van der Waals surface area contributed by atoms with Crippen LogP contribution in [-0.4, -0.2) is 49.1 Å². The van der Waals surface area contributed by atoms with Crippen LogP contribution in [0.1, 0.15) is 27.2 Å². The van der Waals surface area contributed by atoms with Crippen LogP contribution in [-0.2, 0) is 4.79 Å². The number of likely N-dealkylation sites (N-methyl/N-ethyl adjacent to an activating group) is 1. The highest BCUT2D eigenvalue weighted by Gasteiger charge is 2.30. The molecule has 0 aromatic rings. The van der Waals surface area contributed by atoms with Crippen molar-refractivity contribution in [2.75, 3.05) is 26.7 Å². The molecule has 0 radical (unpaired) electrons. The van der Waals surface area contributed by atoms with Gasteiger partial charge in [-0.3, -0.25) is 9.69 Å². The van der Waals surface area contributed by atoms with Gasteiger partial charge in [0.1, 0.15) is 0 Å². The topological polar surface area (TPSA) is 44.4 Å². The zero-order valence-electron chi connectivity index (χ0n) is 10.3. The van der Waals surface area contributed by atoms with Crippen molar-refractivity contribution in [1.29, 1.82) is 0 Å². The van der Waals surface area contributed by atoms with Gasteiger partial charge in [0.05, 0.1) is 6.54 Å². The summed E-state index contributed by atoms with van der Waals surface area (Å²) in [4.78, 5) is 13.8. The third-order valence-corrected chi connectivity index (χ3v) is 2.84. The number of rotatable bonds is 3. The maximum Gasteiger partial charge on any atom is 0.234 e. The van der Waals surface area contributed by atoms with Crippen molar-refractivity contribution in [2.24, 2.45) is 0 Å².